The molecule has 0 heterocycles. The third kappa shape index (κ3) is 4.63. The van der Waals surface area contributed by atoms with Gasteiger partial charge < -0.3 is 14.8 Å². The molecule has 2 aromatic carbocycles. The van der Waals surface area contributed by atoms with Crippen LogP contribution in [0.5, 0.6) is 11.5 Å². The van der Waals surface area contributed by atoms with Crippen LogP contribution in [0.15, 0.2) is 54.7 Å². The van der Waals surface area contributed by atoms with Crippen molar-refractivity contribution in [2.45, 2.75) is 26.2 Å². The van der Waals surface area contributed by atoms with Crippen LogP contribution in [-0.4, -0.2) is 20.0 Å². The summed E-state index contributed by atoms with van der Waals surface area (Å²) in [6, 6.07) is 13.2. The summed E-state index contributed by atoms with van der Waals surface area (Å²) in [7, 11) is 3.11. The van der Waals surface area contributed by atoms with Crippen molar-refractivity contribution in [3.05, 3.63) is 65.9 Å². The molecular formula is C21H25NO3. The third-order valence-corrected chi connectivity index (χ3v) is 3.88. The topological polar surface area (TPSA) is 47.6 Å². The molecule has 0 aliphatic carbocycles. The van der Waals surface area contributed by atoms with Crippen molar-refractivity contribution in [1.29, 1.82) is 0 Å². The molecule has 25 heavy (non-hydrogen) atoms. The number of methoxy groups -OCH3 is 2. The fourth-order valence-corrected chi connectivity index (χ4v) is 2.56. The van der Waals surface area contributed by atoms with Gasteiger partial charge >= 0.3 is 0 Å². The first-order valence-electron chi connectivity index (χ1n) is 8.15. The minimum Gasteiger partial charge on any atom is -0.493 e. The van der Waals surface area contributed by atoms with Gasteiger partial charge in [-0.25, -0.2) is 0 Å². The molecule has 0 fully saturated rings. The van der Waals surface area contributed by atoms with E-state index in [0.717, 1.165) is 5.69 Å². The summed E-state index contributed by atoms with van der Waals surface area (Å²) in [6.07, 6.45) is 3.18. The van der Waals surface area contributed by atoms with Gasteiger partial charge in [-0.3, -0.25) is 4.79 Å². The quantitative estimate of drug-likeness (QED) is 0.606. The van der Waals surface area contributed by atoms with Gasteiger partial charge in [-0.05, 0) is 35.2 Å². The molecule has 0 bridgehead atoms. The number of benzene rings is 2. The van der Waals surface area contributed by atoms with E-state index < -0.39 is 0 Å². The number of para-hydroxylation sites is 1. The molecule has 132 valence electrons. The highest BCUT2D eigenvalue weighted by atomic mass is 16.5. The number of hydrogen-bond donors (Lipinski definition) is 1. The zero-order chi connectivity index (χ0) is 18.4. The monoisotopic (exact) mass is 339 g/mol. The number of rotatable bonds is 6. The molecule has 0 unspecified atom stereocenters. The number of ketones is 1. The molecule has 0 atom stereocenters. The molecule has 0 radical (unpaired) electrons. The van der Waals surface area contributed by atoms with Crippen molar-refractivity contribution < 1.29 is 14.3 Å². The van der Waals surface area contributed by atoms with Crippen LogP contribution in [0.25, 0.3) is 0 Å². The Hall–Kier alpha value is -2.75. The lowest BCUT2D eigenvalue weighted by Gasteiger charge is -2.22. The van der Waals surface area contributed by atoms with Gasteiger partial charge in [-0.15, -0.1) is 0 Å². The number of anilines is 1. The summed E-state index contributed by atoms with van der Waals surface area (Å²) in [4.78, 5) is 12.4. The molecule has 0 aliphatic heterocycles. The second kappa shape index (κ2) is 7.88. The van der Waals surface area contributed by atoms with Crippen LogP contribution in [0.4, 0.5) is 5.69 Å². The first-order chi connectivity index (χ1) is 11.9. The molecule has 0 saturated heterocycles. The number of carbonyl (C=O) groups excluding carboxylic acids is 1. The fraction of sp³-hybridized carbons (Fsp3) is 0.286. The minimum atomic E-state index is -0.110. The van der Waals surface area contributed by atoms with Gasteiger partial charge in [0.15, 0.2) is 17.3 Å². The molecule has 0 amide bonds. The molecule has 4 heteroatoms. The second-order valence-corrected chi connectivity index (χ2v) is 6.71. The Labute approximate surface area is 149 Å². The third-order valence-electron chi connectivity index (χ3n) is 3.88. The lowest BCUT2D eigenvalue weighted by atomic mass is 9.86. The number of carbonyl (C=O) groups is 1. The zero-order valence-corrected chi connectivity index (χ0v) is 15.4. The van der Waals surface area contributed by atoms with E-state index in [-0.39, 0.29) is 11.2 Å². The van der Waals surface area contributed by atoms with Crippen LogP contribution in [0.1, 0.15) is 36.7 Å². The predicted octanol–water partition coefficient (Wildman–Crippen LogP) is 4.81. The van der Waals surface area contributed by atoms with Gasteiger partial charge in [0, 0.05) is 23.5 Å². The lowest BCUT2D eigenvalue weighted by Crippen LogP contribution is -2.13. The lowest BCUT2D eigenvalue weighted by molar-refractivity contribution is 0.104. The molecule has 0 spiro atoms. The average molecular weight is 339 g/mol. The smallest absolute Gasteiger partial charge is 0.187 e. The van der Waals surface area contributed by atoms with Crippen molar-refractivity contribution in [3.63, 3.8) is 0 Å². The number of hydrogen-bond acceptors (Lipinski definition) is 4. The summed E-state index contributed by atoms with van der Waals surface area (Å²) in [5.74, 6) is 1.02. The van der Waals surface area contributed by atoms with E-state index in [1.807, 2.05) is 18.2 Å². The maximum absolute atomic E-state index is 12.4. The molecule has 2 rings (SSSR count). The van der Waals surface area contributed by atoms with E-state index in [1.54, 1.807) is 38.6 Å². The average Bonchev–Trinajstić information content (AvgIpc) is 2.60. The number of nitrogens with one attached hydrogen (secondary N) is 1. The van der Waals surface area contributed by atoms with Crippen LogP contribution in [0.2, 0.25) is 0 Å². The van der Waals surface area contributed by atoms with E-state index in [1.165, 1.54) is 11.6 Å². The van der Waals surface area contributed by atoms with Crippen molar-refractivity contribution in [3.8, 4) is 11.5 Å². The van der Waals surface area contributed by atoms with E-state index in [4.69, 9.17) is 9.47 Å². The van der Waals surface area contributed by atoms with Gasteiger partial charge in [0.1, 0.15) is 0 Å². The van der Waals surface area contributed by atoms with Crippen LogP contribution < -0.4 is 14.8 Å². The van der Waals surface area contributed by atoms with Crippen LogP contribution in [0.3, 0.4) is 0 Å². The van der Waals surface area contributed by atoms with Crippen LogP contribution >= 0.6 is 0 Å². The highest BCUT2D eigenvalue weighted by Gasteiger charge is 2.16. The van der Waals surface area contributed by atoms with Crippen molar-refractivity contribution in [2.24, 2.45) is 0 Å². The van der Waals surface area contributed by atoms with Crippen LogP contribution in [0, 0.1) is 0 Å². The Morgan fingerprint density at radius 1 is 1.00 bits per heavy atom. The summed E-state index contributed by atoms with van der Waals surface area (Å²) in [5, 5.41) is 3.21. The second-order valence-electron chi connectivity index (χ2n) is 6.71. The Kier molecular flexibility index (Phi) is 5.86. The molecule has 1 N–H and O–H groups in total. The maximum atomic E-state index is 12.4. The standard InChI is InChI=1S/C21H25NO3/c1-21(2,3)16-8-6-7-9-17(16)22-13-12-18(23)15-10-11-19(24-4)20(14-15)25-5/h6-14,22H,1-5H3/b13-12+. The van der Waals surface area contributed by atoms with Crippen molar-refractivity contribution >= 4 is 11.5 Å². The fourth-order valence-electron chi connectivity index (χ4n) is 2.56. The van der Waals surface area contributed by atoms with Crippen molar-refractivity contribution in [2.75, 3.05) is 19.5 Å². The Bertz CT molecular complexity index is 773. The highest BCUT2D eigenvalue weighted by molar-refractivity contribution is 6.05. The van der Waals surface area contributed by atoms with Crippen molar-refractivity contribution in [1.82, 2.24) is 0 Å². The first-order valence-corrected chi connectivity index (χ1v) is 8.15. The Balaban J connectivity index is 2.14. The van der Waals surface area contributed by atoms with Gasteiger partial charge in [0.2, 0.25) is 0 Å². The van der Waals surface area contributed by atoms with Gasteiger partial charge in [-0.2, -0.15) is 0 Å². The van der Waals surface area contributed by atoms with Gasteiger partial charge in [-0.1, -0.05) is 39.0 Å². The largest absolute Gasteiger partial charge is 0.493 e. The zero-order valence-electron chi connectivity index (χ0n) is 15.4. The summed E-state index contributed by atoms with van der Waals surface area (Å²) < 4.78 is 10.4. The maximum Gasteiger partial charge on any atom is 0.187 e. The van der Waals surface area contributed by atoms with Crippen LogP contribution in [-0.2, 0) is 5.41 Å². The van der Waals surface area contributed by atoms with Gasteiger partial charge in [0.05, 0.1) is 14.2 Å². The number of allylic oxidation sites excluding steroid dienone is 1. The van der Waals surface area contributed by atoms with E-state index in [9.17, 15) is 4.79 Å². The predicted molar refractivity (Wildman–Crippen MR) is 102 cm³/mol. The molecule has 0 aromatic heterocycles. The highest BCUT2D eigenvalue weighted by Crippen LogP contribution is 2.29. The molecular weight excluding hydrogens is 314 g/mol. The summed E-state index contributed by atoms with van der Waals surface area (Å²) in [5.41, 5.74) is 2.74. The van der Waals surface area contributed by atoms with E-state index in [0.29, 0.717) is 17.1 Å². The molecule has 2 aromatic rings. The minimum absolute atomic E-state index is 0.0186. The molecule has 4 nitrogen and oxygen atoms in total. The SMILES string of the molecule is COc1ccc(C(=O)/C=C/Nc2ccccc2C(C)(C)C)cc1OC. The number of ether oxygens (including phenoxy) is 2. The Morgan fingerprint density at radius 3 is 2.32 bits per heavy atom. The molecule has 0 aliphatic rings. The summed E-state index contributed by atoms with van der Waals surface area (Å²) in [6.45, 7) is 6.48. The first kappa shape index (κ1) is 18.6. The summed E-state index contributed by atoms with van der Waals surface area (Å²) >= 11 is 0. The van der Waals surface area contributed by atoms with Gasteiger partial charge in [0.25, 0.3) is 0 Å². The normalized spacial score (nSPS) is 11.4. The van der Waals surface area contributed by atoms with E-state index >= 15 is 0 Å². The van der Waals surface area contributed by atoms with E-state index in [2.05, 4.69) is 32.2 Å². The molecule has 0 saturated carbocycles. The Morgan fingerprint density at radius 2 is 1.68 bits per heavy atom.